The molecule has 0 aliphatic heterocycles. The molecule has 0 aromatic carbocycles. The summed E-state index contributed by atoms with van der Waals surface area (Å²) < 4.78 is 0. The van der Waals surface area contributed by atoms with Gasteiger partial charge < -0.3 is 5.73 Å². The van der Waals surface area contributed by atoms with E-state index in [1.807, 2.05) is 6.20 Å². The summed E-state index contributed by atoms with van der Waals surface area (Å²) in [6, 6.07) is 2.21. The van der Waals surface area contributed by atoms with Crippen LogP contribution in [0.25, 0.3) is 0 Å². The number of aryl methyl sites for hydroxylation is 1. The van der Waals surface area contributed by atoms with Gasteiger partial charge in [-0.15, -0.1) is 0 Å². The Hall–Kier alpha value is -0.570. The molecule has 1 aromatic heterocycles. The average molecular weight is 283 g/mol. The van der Waals surface area contributed by atoms with Crippen LogP contribution in [0.2, 0.25) is 0 Å². The molecule has 1 aromatic rings. The molecule has 0 spiro atoms. The van der Waals surface area contributed by atoms with E-state index in [2.05, 4.69) is 33.9 Å². The topological polar surface area (TPSA) is 38.9 Å². The Morgan fingerprint density at radius 2 is 2.12 bits per heavy atom. The van der Waals surface area contributed by atoms with Gasteiger partial charge in [0.25, 0.3) is 0 Å². The predicted molar refractivity (Wildman–Crippen MR) is 71.9 cm³/mol. The first-order chi connectivity index (χ1) is 7.66. The van der Waals surface area contributed by atoms with Crippen LogP contribution in [0.15, 0.2) is 12.3 Å². The second kappa shape index (κ2) is 5.17. The number of nitrogen functional groups attached to an aromatic ring is 1. The highest BCUT2D eigenvalue weighted by Crippen LogP contribution is 2.36. The SMILES string of the molecule is Cc1cnc(N)c(C2CCCCC(Br)C2)c1. The summed E-state index contributed by atoms with van der Waals surface area (Å²) in [5.74, 6) is 1.30. The highest BCUT2D eigenvalue weighted by Gasteiger charge is 2.21. The zero-order valence-electron chi connectivity index (χ0n) is 9.75. The summed E-state index contributed by atoms with van der Waals surface area (Å²) in [6.45, 7) is 2.08. The van der Waals surface area contributed by atoms with Gasteiger partial charge in [0.05, 0.1) is 0 Å². The fourth-order valence-electron chi connectivity index (χ4n) is 2.51. The molecule has 0 amide bonds. The summed E-state index contributed by atoms with van der Waals surface area (Å²) >= 11 is 3.76. The van der Waals surface area contributed by atoms with E-state index in [0.29, 0.717) is 10.7 Å². The van der Waals surface area contributed by atoms with Crippen LogP contribution in [0.3, 0.4) is 0 Å². The molecule has 88 valence electrons. The Kier molecular flexibility index (Phi) is 3.85. The van der Waals surface area contributed by atoms with Gasteiger partial charge in [-0.1, -0.05) is 34.8 Å². The Balaban J connectivity index is 2.24. The standard InChI is InChI=1S/C13H19BrN2/c1-9-6-12(13(15)16-8-9)10-4-2-3-5-11(14)7-10/h6,8,10-11H,2-5,7H2,1H3,(H2,15,16). The molecule has 2 rings (SSSR count). The third kappa shape index (κ3) is 2.76. The Labute approximate surface area is 106 Å². The van der Waals surface area contributed by atoms with Crippen LogP contribution in [0.1, 0.15) is 49.1 Å². The zero-order chi connectivity index (χ0) is 11.5. The van der Waals surface area contributed by atoms with Crippen molar-refractivity contribution in [2.75, 3.05) is 5.73 Å². The van der Waals surface area contributed by atoms with Gasteiger partial charge in [0.1, 0.15) is 5.82 Å². The highest BCUT2D eigenvalue weighted by atomic mass is 79.9. The van der Waals surface area contributed by atoms with E-state index >= 15 is 0 Å². The first-order valence-electron chi connectivity index (χ1n) is 6.03. The molecule has 1 aliphatic rings. The fraction of sp³-hybridized carbons (Fsp3) is 0.615. The van der Waals surface area contributed by atoms with Crippen molar-refractivity contribution < 1.29 is 0 Å². The number of aromatic nitrogens is 1. The van der Waals surface area contributed by atoms with Gasteiger partial charge in [-0.25, -0.2) is 4.98 Å². The average Bonchev–Trinajstić information content (AvgIpc) is 2.46. The van der Waals surface area contributed by atoms with E-state index < -0.39 is 0 Å². The van der Waals surface area contributed by atoms with Gasteiger partial charge in [-0.2, -0.15) is 0 Å². The second-order valence-electron chi connectivity index (χ2n) is 4.80. The van der Waals surface area contributed by atoms with Crippen LogP contribution >= 0.6 is 15.9 Å². The first kappa shape index (κ1) is 11.9. The summed E-state index contributed by atoms with van der Waals surface area (Å²) in [5.41, 5.74) is 8.45. The van der Waals surface area contributed by atoms with Crippen molar-refractivity contribution in [3.8, 4) is 0 Å². The third-order valence-corrected chi connectivity index (χ3v) is 4.22. The molecule has 0 saturated heterocycles. The van der Waals surface area contributed by atoms with E-state index in [9.17, 15) is 0 Å². The number of anilines is 1. The highest BCUT2D eigenvalue weighted by molar-refractivity contribution is 9.09. The molecule has 2 nitrogen and oxygen atoms in total. The molecule has 2 atom stereocenters. The lowest BCUT2D eigenvalue weighted by Gasteiger charge is -2.18. The van der Waals surface area contributed by atoms with Crippen molar-refractivity contribution in [3.63, 3.8) is 0 Å². The van der Waals surface area contributed by atoms with Crippen molar-refractivity contribution in [1.29, 1.82) is 0 Å². The number of halogens is 1. The van der Waals surface area contributed by atoms with Crippen LogP contribution in [0.4, 0.5) is 5.82 Å². The normalized spacial score (nSPS) is 26.4. The Morgan fingerprint density at radius 3 is 2.94 bits per heavy atom. The number of nitrogens with zero attached hydrogens (tertiary/aromatic N) is 1. The lowest BCUT2D eigenvalue weighted by Crippen LogP contribution is -2.08. The van der Waals surface area contributed by atoms with Gasteiger partial charge in [-0.05, 0) is 43.2 Å². The van der Waals surface area contributed by atoms with Gasteiger partial charge in [-0.3, -0.25) is 0 Å². The summed E-state index contributed by atoms with van der Waals surface area (Å²) in [7, 11) is 0. The molecule has 1 aliphatic carbocycles. The minimum Gasteiger partial charge on any atom is -0.383 e. The first-order valence-corrected chi connectivity index (χ1v) is 6.94. The molecular formula is C13H19BrN2. The minimum absolute atomic E-state index is 0.583. The van der Waals surface area contributed by atoms with Crippen molar-refractivity contribution in [1.82, 2.24) is 4.98 Å². The van der Waals surface area contributed by atoms with Crippen molar-refractivity contribution in [2.24, 2.45) is 0 Å². The van der Waals surface area contributed by atoms with E-state index in [1.165, 1.54) is 43.2 Å². The second-order valence-corrected chi connectivity index (χ2v) is 6.10. The van der Waals surface area contributed by atoms with Crippen LogP contribution in [-0.4, -0.2) is 9.81 Å². The van der Waals surface area contributed by atoms with E-state index in [0.717, 1.165) is 5.82 Å². The maximum atomic E-state index is 5.99. The lowest BCUT2D eigenvalue weighted by molar-refractivity contribution is 0.599. The van der Waals surface area contributed by atoms with Crippen LogP contribution in [0.5, 0.6) is 0 Å². The number of rotatable bonds is 1. The van der Waals surface area contributed by atoms with E-state index in [4.69, 9.17) is 5.73 Å². The van der Waals surface area contributed by atoms with Crippen LogP contribution in [0, 0.1) is 6.92 Å². The molecule has 1 heterocycles. The third-order valence-electron chi connectivity index (χ3n) is 3.39. The molecule has 16 heavy (non-hydrogen) atoms. The maximum absolute atomic E-state index is 5.99. The number of hydrogen-bond acceptors (Lipinski definition) is 2. The maximum Gasteiger partial charge on any atom is 0.126 e. The molecule has 1 saturated carbocycles. The van der Waals surface area contributed by atoms with Crippen LogP contribution in [-0.2, 0) is 0 Å². The number of nitrogens with two attached hydrogens (primary N) is 1. The molecule has 2 unspecified atom stereocenters. The largest absolute Gasteiger partial charge is 0.383 e. The quantitative estimate of drug-likeness (QED) is 0.629. The van der Waals surface area contributed by atoms with Gasteiger partial charge in [0.15, 0.2) is 0 Å². The van der Waals surface area contributed by atoms with Gasteiger partial charge in [0.2, 0.25) is 0 Å². The van der Waals surface area contributed by atoms with Crippen molar-refractivity contribution in [2.45, 2.75) is 49.8 Å². The molecule has 2 N–H and O–H groups in total. The van der Waals surface area contributed by atoms with Crippen LogP contribution < -0.4 is 5.73 Å². The number of pyridine rings is 1. The molecule has 1 fully saturated rings. The molecule has 3 heteroatoms. The molecule has 0 radical (unpaired) electrons. The van der Waals surface area contributed by atoms with E-state index in [-0.39, 0.29) is 0 Å². The smallest absolute Gasteiger partial charge is 0.126 e. The van der Waals surface area contributed by atoms with Gasteiger partial charge >= 0.3 is 0 Å². The number of hydrogen-bond donors (Lipinski definition) is 1. The monoisotopic (exact) mass is 282 g/mol. The zero-order valence-corrected chi connectivity index (χ0v) is 11.3. The minimum atomic E-state index is 0.583. The summed E-state index contributed by atoms with van der Waals surface area (Å²) in [5, 5.41) is 0. The lowest BCUT2D eigenvalue weighted by atomic mass is 9.91. The summed E-state index contributed by atoms with van der Waals surface area (Å²) in [4.78, 5) is 4.91. The van der Waals surface area contributed by atoms with Crippen molar-refractivity contribution in [3.05, 3.63) is 23.4 Å². The molecule has 0 bridgehead atoms. The Morgan fingerprint density at radius 1 is 1.38 bits per heavy atom. The van der Waals surface area contributed by atoms with E-state index in [1.54, 1.807) is 0 Å². The summed E-state index contributed by atoms with van der Waals surface area (Å²) in [6.07, 6.45) is 8.20. The van der Waals surface area contributed by atoms with Gasteiger partial charge in [0, 0.05) is 11.0 Å². The number of alkyl halides is 1. The van der Waals surface area contributed by atoms with Crippen molar-refractivity contribution >= 4 is 21.7 Å². The Bertz CT molecular complexity index is 365. The predicted octanol–water partition coefficient (Wildman–Crippen LogP) is 3.78. The molecular weight excluding hydrogens is 264 g/mol. The fourth-order valence-corrected chi connectivity index (χ4v) is 3.29.